The van der Waals surface area contributed by atoms with E-state index in [1.807, 2.05) is 31.1 Å². The first kappa shape index (κ1) is 21.8. The van der Waals surface area contributed by atoms with E-state index in [1.54, 1.807) is 18.2 Å². The van der Waals surface area contributed by atoms with Gasteiger partial charge in [-0.3, -0.25) is 10.2 Å². The van der Waals surface area contributed by atoms with Crippen molar-refractivity contribution in [2.24, 2.45) is 0 Å². The minimum absolute atomic E-state index is 0.0247. The zero-order valence-electron chi connectivity index (χ0n) is 16.2. The highest BCUT2D eigenvalue weighted by Crippen LogP contribution is 2.29. The molecule has 0 bridgehead atoms. The zero-order valence-corrected chi connectivity index (χ0v) is 17.8. The van der Waals surface area contributed by atoms with E-state index in [4.69, 9.17) is 11.6 Å². The van der Waals surface area contributed by atoms with Crippen LogP contribution in [0.15, 0.2) is 65.6 Å². The highest BCUT2D eigenvalue weighted by Gasteiger charge is 2.19. The summed E-state index contributed by atoms with van der Waals surface area (Å²) in [5, 5.41) is 1.51. The number of hydrogen-bond acceptors (Lipinski definition) is 4. The molecule has 0 spiro atoms. The maximum Gasteiger partial charge on any atom is 0.258 e. The Morgan fingerprint density at radius 3 is 2.47 bits per heavy atom. The first-order chi connectivity index (χ1) is 14.2. The van der Waals surface area contributed by atoms with Gasteiger partial charge < -0.3 is 4.90 Å². The van der Waals surface area contributed by atoms with Crippen molar-refractivity contribution in [2.75, 3.05) is 19.0 Å². The van der Waals surface area contributed by atoms with Crippen molar-refractivity contribution in [3.05, 3.63) is 77.1 Å². The second-order valence-electron chi connectivity index (χ2n) is 6.62. The number of fused-ring (bicyclic) bond motifs is 1. The van der Waals surface area contributed by atoms with Gasteiger partial charge >= 0.3 is 0 Å². The van der Waals surface area contributed by atoms with Gasteiger partial charge in [-0.05, 0) is 30.3 Å². The number of sulfonamides is 1. The molecular weight excluding hydrogens is 429 g/mol. The van der Waals surface area contributed by atoms with Crippen LogP contribution in [-0.2, 0) is 14.8 Å². The van der Waals surface area contributed by atoms with E-state index in [9.17, 15) is 17.6 Å². The van der Waals surface area contributed by atoms with E-state index in [2.05, 4.69) is 10.3 Å². The zero-order chi connectivity index (χ0) is 21.9. The summed E-state index contributed by atoms with van der Waals surface area (Å²) >= 11 is 5.68. The van der Waals surface area contributed by atoms with Gasteiger partial charge in [-0.25, -0.2) is 12.8 Å². The first-order valence-electron chi connectivity index (χ1n) is 8.83. The summed E-state index contributed by atoms with van der Waals surface area (Å²) in [6.07, 6.45) is 2.23. The van der Waals surface area contributed by atoms with Crippen molar-refractivity contribution < 1.29 is 17.6 Å². The maximum absolute atomic E-state index is 13.8. The van der Waals surface area contributed by atoms with Gasteiger partial charge in [-0.15, -0.1) is 4.83 Å². The third-order valence-corrected chi connectivity index (χ3v) is 5.86. The molecule has 0 heterocycles. The van der Waals surface area contributed by atoms with E-state index < -0.39 is 21.7 Å². The molecule has 0 aliphatic rings. The highest BCUT2D eigenvalue weighted by atomic mass is 35.5. The number of hydrazine groups is 1. The molecule has 3 aromatic carbocycles. The average molecular weight is 448 g/mol. The molecule has 0 unspecified atom stereocenters. The molecule has 0 aliphatic carbocycles. The normalized spacial score (nSPS) is 11.7. The predicted molar refractivity (Wildman–Crippen MR) is 117 cm³/mol. The van der Waals surface area contributed by atoms with E-state index in [-0.39, 0.29) is 15.5 Å². The molecule has 3 rings (SSSR count). The molecule has 156 valence electrons. The largest absolute Gasteiger partial charge is 0.377 e. The van der Waals surface area contributed by atoms with Crippen LogP contribution in [0, 0.1) is 5.82 Å². The number of carbonyl (C=O) groups is 1. The van der Waals surface area contributed by atoms with Crippen LogP contribution in [-0.4, -0.2) is 28.4 Å². The molecular formula is C21H19ClFN3O3S. The third-order valence-electron chi connectivity index (χ3n) is 4.32. The Morgan fingerprint density at radius 2 is 1.77 bits per heavy atom. The number of nitrogens with zero attached hydrogens (tertiary/aromatic N) is 1. The Hall–Kier alpha value is -2.94. The van der Waals surface area contributed by atoms with Crippen molar-refractivity contribution in [1.29, 1.82) is 0 Å². The monoisotopic (exact) mass is 447 g/mol. The summed E-state index contributed by atoms with van der Waals surface area (Å²) in [4.78, 5) is 16.0. The van der Waals surface area contributed by atoms with Gasteiger partial charge in [-0.1, -0.05) is 41.9 Å². The summed E-state index contributed by atoms with van der Waals surface area (Å²) in [6.45, 7) is 0. The topological polar surface area (TPSA) is 78.5 Å². The van der Waals surface area contributed by atoms with Crippen LogP contribution in [0.2, 0.25) is 5.02 Å². The third kappa shape index (κ3) is 4.79. The number of benzene rings is 3. The summed E-state index contributed by atoms with van der Waals surface area (Å²) in [7, 11) is -0.316. The SMILES string of the molecule is CN(C)c1cccc2c(S(=O)(=O)NNC(=O)/C=C\c3ccc(Cl)cc3F)cccc12. The van der Waals surface area contributed by atoms with Gasteiger partial charge in [0.05, 0.1) is 4.90 Å². The predicted octanol–water partition coefficient (Wildman–Crippen LogP) is 3.72. The lowest BCUT2D eigenvalue weighted by Gasteiger charge is -2.17. The molecule has 0 aromatic heterocycles. The Kier molecular flexibility index (Phi) is 6.40. The van der Waals surface area contributed by atoms with Crippen LogP contribution in [0.25, 0.3) is 16.8 Å². The summed E-state index contributed by atoms with van der Waals surface area (Å²) in [5.41, 5.74) is 3.11. The fourth-order valence-electron chi connectivity index (χ4n) is 2.91. The number of carbonyl (C=O) groups excluding carboxylic acids is 1. The Balaban J connectivity index is 1.79. The lowest BCUT2D eigenvalue weighted by atomic mass is 10.1. The summed E-state index contributed by atoms with van der Waals surface area (Å²) in [5.74, 6) is -1.36. The second-order valence-corrected chi connectivity index (χ2v) is 8.70. The van der Waals surface area contributed by atoms with Crippen LogP contribution in [0.3, 0.4) is 0 Å². The molecule has 0 atom stereocenters. The number of nitrogens with one attached hydrogen (secondary N) is 2. The van der Waals surface area contributed by atoms with Crippen LogP contribution < -0.4 is 15.2 Å². The molecule has 0 fully saturated rings. The molecule has 6 nitrogen and oxygen atoms in total. The molecule has 2 N–H and O–H groups in total. The Bertz CT molecular complexity index is 1240. The van der Waals surface area contributed by atoms with Crippen LogP contribution in [0.4, 0.5) is 10.1 Å². The van der Waals surface area contributed by atoms with E-state index in [0.29, 0.717) is 5.39 Å². The standard InChI is InChI=1S/C21H19ClFN3O3S/c1-26(2)19-7-3-6-17-16(19)5-4-8-20(17)30(28,29)25-24-21(27)12-10-14-9-11-15(22)13-18(14)23/h3-13,25H,1-2H3,(H,24,27)/b12-10-. The second kappa shape index (κ2) is 8.83. The van der Waals surface area contributed by atoms with Crippen LogP contribution in [0.1, 0.15) is 5.56 Å². The van der Waals surface area contributed by atoms with Crippen molar-refractivity contribution in [3.63, 3.8) is 0 Å². The molecule has 1 amide bonds. The van der Waals surface area contributed by atoms with Crippen molar-refractivity contribution in [2.45, 2.75) is 4.90 Å². The minimum atomic E-state index is -4.05. The van der Waals surface area contributed by atoms with Crippen LogP contribution >= 0.6 is 11.6 Å². The van der Waals surface area contributed by atoms with Gasteiger partial charge in [0.15, 0.2) is 0 Å². The molecule has 0 saturated heterocycles. The molecule has 0 saturated carbocycles. The fraction of sp³-hybridized carbons (Fsp3) is 0.0952. The summed E-state index contributed by atoms with van der Waals surface area (Å²) in [6, 6.07) is 14.3. The Morgan fingerprint density at radius 1 is 1.07 bits per heavy atom. The van der Waals surface area contributed by atoms with Gasteiger partial charge in [0.25, 0.3) is 15.9 Å². The Labute approximate surface area is 179 Å². The van der Waals surface area contributed by atoms with Crippen molar-refractivity contribution in [1.82, 2.24) is 10.3 Å². The number of anilines is 1. The van der Waals surface area contributed by atoms with Crippen LogP contribution in [0.5, 0.6) is 0 Å². The lowest BCUT2D eigenvalue weighted by molar-refractivity contribution is -0.116. The van der Waals surface area contributed by atoms with Gasteiger partial charge in [0.1, 0.15) is 5.82 Å². The maximum atomic E-state index is 13.8. The first-order valence-corrected chi connectivity index (χ1v) is 10.7. The van der Waals surface area contributed by atoms with Gasteiger partial charge in [0, 0.05) is 47.2 Å². The van der Waals surface area contributed by atoms with E-state index in [0.717, 1.165) is 23.2 Å². The van der Waals surface area contributed by atoms with Crippen molar-refractivity contribution >= 4 is 50.1 Å². The van der Waals surface area contributed by atoms with Crippen molar-refractivity contribution in [3.8, 4) is 0 Å². The number of hydrogen-bond donors (Lipinski definition) is 2. The number of rotatable bonds is 6. The minimum Gasteiger partial charge on any atom is -0.377 e. The quantitative estimate of drug-likeness (QED) is 0.446. The average Bonchev–Trinajstić information content (AvgIpc) is 2.70. The molecule has 30 heavy (non-hydrogen) atoms. The molecule has 9 heteroatoms. The molecule has 0 radical (unpaired) electrons. The number of amides is 1. The van der Waals surface area contributed by atoms with E-state index >= 15 is 0 Å². The number of halogens is 2. The smallest absolute Gasteiger partial charge is 0.258 e. The molecule has 0 aliphatic heterocycles. The highest BCUT2D eigenvalue weighted by molar-refractivity contribution is 7.89. The lowest BCUT2D eigenvalue weighted by Crippen LogP contribution is -2.40. The summed E-state index contributed by atoms with van der Waals surface area (Å²) < 4.78 is 39.3. The fourth-order valence-corrected chi connectivity index (χ4v) is 4.13. The van der Waals surface area contributed by atoms with E-state index in [1.165, 1.54) is 24.3 Å². The molecule has 3 aromatic rings. The van der Waals surface area contributed by atoms with Gasteiger partial charge in [-0.2, -0.15) is 0 Å². The van der Waals surface area contributed by atoms with Gasteiger partial charge in [0.2, 0.25) is 0 Å².